The van der Waals surface area contributed by atoms with Crippen LogP contribution in [0.2, 0.25) is 0 Å². The molecule has 0 saturated carbocycles. The fourth-order valence-electron chi connectivity index (χ4n) is 4.01. The highest BCUT2D eigenvalue weighted by molar-refractivity contribution is 7.89. The first-order chi connectivity index (χ1) is 18.0. The number of nitrogens with one attached hydrogen (secondary N) is 3. The second kappa shape index (κ2) is 12.6. The zero-order valence-corrected chi connectivity index (χ0v) is 22.3. The highest BCUT2D eigenvalue weighted by Crippen LogP contribution is 2.30. The molecular formula is C27H31FN4O5S. The van der Waals surface area contributed by atoms with Gasteiger partial charge in [0.05, 0.1) is 17.9 Å². The summed E-state index contributed by atoms with van der Waals surface area (Å²) in [6.07, 6.45) is -0.226. The molecule has 1 unspecified atom stereocenters. The minimum absolute atomic E-state index is 0.0180. The molecule has 0 saturated heterocycles. The van der Waals surface area contributed by atoms with Crippen molar-refractivity contribution in [1.82, 2.24) is 15.4 Å². The van der Waals surface area contributed by atoms with E-state index in [1.807, 2.05) is 31.1 Å². The summed E-state index contributed by atoms with van der Waals surface area (Å²) in [7, 11) is 1.13. The number of nitrogens with zero attached hydrogens (tertiary/aromatic N) is 1. The van der Waals surface area contributed by atoms with Gasteiger partial charge < -0.3 is 15.5 Å². The largest absolute Gasteiger partial charge is 0.377 e. The van der Waals surface area contributed by atoms with Crippen LogP contribution in [-0.2, 0) is 30.8 Å². The number of Topliss-reactive ketones (excluding diaryl/α,β-unsaturated/α-hetero) is 1. The number of fused-ring (bicyclic) bond motifs is 1. The van der Waals surface area contributed by atoms with Crippen LogP contribution in [0.5, 0.6) is 0 Å². The standard InChI is InChI=1S/C27H31FN4O5S/c1-29-27(35)23(31-26(34)16-18-10-12-19(28)13-11-18)15-14-20(33)17-30-38(36,37)25-9-5-6-21-22(25)7-4-8-24(21)32(2)3/h4-13,23,30H,14-17H2,1-3H3,(H,29,35)(H,31,34). The monoisotopic (exact) mass is 542 g/mol. The van der Waals surface area contributed by atoms with Gasteiger partial charge in [0.15, 0.2) is 0 Å². The molecule has 0 aromatic heterocycles. The maximum Gasteiger partial charge on any atom is 0.242 e. The number of hydrogen-bond acceptors (Lipinski definition) is 6. The van der Waals surface area contributed by atoms with E-state index in [2.05, 4.69) is 15.4 Å². The van der Waals surface area contributed by atoms with Gasteiger partial charge in [0, 0.05) is 44.0 Å². The van der Waals surface area contributed by atoms with Gasteiger partial charge in [-0.1, -0.05) is 36.4 Å². The summed E-state index contributed by atoms with van der Waals surface area (Å²) in [5, 5.41) is 6.31. The van der Waals surface area contributed by atoms with Gasteiger partial charge in [-0.05, 0) is 36.2 Å². The van der Waals surface area contributed by atoms with Gasteiger partial charge >= 0.3 is 0 Å². The van der Waals surface area contributed by atoms with Crippen molar-refractivity contribution in [2.45, 2.75) is 30.2 Å². The zero-order chi connectivity index (χ0) is 27.9. The summed E-state index contributed by atoms with van der Waals surface area (Å²) >= 11 is 0. The van der Waals surface area contributed by atoms with Crippen LogP contribution in [0, 0.1) is 5.82 Å². The molecule has 9 nitrogen and oxygen atoms in total. The first-order valence-electron chi connectivity index (χ1n) is 12.0. The van der Waals surface area contributed by atoms with Crippen LogP contribution in [0.3, 0.4) is 0 Å². The fraction of sp³-hybridized carbons (Fsp3) is 0.296. The fourth-order valence-corrected chi connectivity index (χ4v) is 5.24. The van der Waals surface area contributed by atoms with Gasteiger partial charge in [0.25, 0.3) is 0 Å². The van der Waals surface area contributed by atoms with Crippen molar-refractivity contribution < 1.29 is 27.2 Å². The molecule has 0 aliphatic rings. The molecule has 38 heavy (non-hydrogen) atoms. The summed E-state index contributed by atoms with van der Waals surface area (Å²) in [5.41, 5.74) is 1.42. The molecule has 0 spiro atoms. The maximum absolute atomic E-state index is 13.1. The number of anilines is 1. The van der Waals surface area contributed by atoms with Crippen LogP contribution in [0.25, 0.3) is 10.8 Å². The van der Waals surface area contributed by atoms with Crippen LogP contribution in [0.4, 0.5) is 10.1 Å². The number of benzene rings is 3. The Labute approximate surface area is 221 Å². The van der Waals surface area contributed by atoms with Crippen molar-refractivity contribution in [1.29, 1.82) is 0 Å². The third-order valence-corrected chi connectivity index (χ3v) is 7.44. The second-order valence-electron chi connectivity index (χ2n) is 8.96. The minimum atomic E-state index is -4.01. The van der Waals surface area contributed by atoms with Crippen molar-refractivity contribution in [3.8, 4) is 0 Å². The first-order valence-corrected chi connectivity index (χ1v) is 13.5. The van der Waals surface area contributed by atoms with E-state index in [1.54, 1.807) is 18.2 Å². The van der Waals surface area contributed by atoms with Crippen LogP contribution >= 0.6 is 0 Å². The van der Waals surface area contributed by atoms with E-state index in [1.165, 1.54) is 37.4 Å². The Morgan fingerprint density at radius 1 is 0.947 bits per heavy atom. The van der Waals surface area contributed by atoms with E-state index >= 15 is 0 Å². The predicted molar refractivity (Wildman–Crippen MR) is 144 cm³/mol. The number of ketones is 1. The number of carbonyl (C=O) groups is 3. The number of sulfonamides is 1. The van der Waals surface area contributed by atoms with Crippen LogP contribution < -0.4 is 20.3 Å². The molecule has 1 atom stereocenters. The molecule has 0 aliphatic carbocycles. The number of hydrogen-bond donors (Lipinski definition) is 3. The molecular weight excluding hydrogens is 511 g/mol. The number of amides is 2. The Morgan fingerprint density at radius 2 is 1.61 bits per heavy atom. The van der Waals surface area contributed by atoms with Crippen molar-refractivity contribution in [2.75, 3.05) is 32.6 Å². The molecule has 202 valence electrons. The molecule has 0 fully saturated rings. The van der Waals surface area contributed by atoms with Crippen LogP contribution in [0.1, 0.15) is 18.4 Å². The Balaban J connectivity index is 1.62. The summed E-state index contributed by atoms with van der Waals surface area (Å²) in [6.45, 7) is -0.462. The van der Waals surface area contributed by atoms with E-state index in [9.17, 15) is 27.2 Å². The SMILES string of the molecule is CNC(=O)C(CCC(=O)CNS(=O)(=O)c1cccc2c(N(C)C)cccc12)NC(=O)Cc1ccc(F)cc1. The Kier molecular flexibility index (Phi) is 9.54. The Bertz CT molecular complexity index is 1430. The lowest BCUT2D eigenvalue weighted by atomic mass is 10.1. The predicted octanol–water partition coefficient (Wildman–Crippen LogP) is 2.15. The van der Waals surface area contributed by atoms with E-state index in [-0.39, 0.29) is 24.2 Å². The van der Waals surface area contributed by atoms with Gasteiger partial charge in [0.2, 0.25) is 21.8 Å². The summed E-state index contributed by atoms with van der Waals surface area (Å²) < 4.78 is 41.5. The number of halogens is 1. The zero-order valence-electron chi connectivity index (χ0n) is 21.5. The molecule has 0 bridgehead atoms. The molecule has 3 rings (SSSR count). The second-order valence-corrected chi connectivity index (χ2v) is 10.7. The van der Waals surface area contributed by atoms with Gasteiger partial charge in [-0.3, -0.25) is 14.4 Å². The van der Waals surface area contributed by atoms with E-state index < -0.39 is 46.0 Å². The molecule has 0 radical (unpaired) electrons. The molecule has 11 heteroatoms. The van der Waals surface area contributed by atoms with Crippen molar-refractivity contribution in [2.24, 2.45) is 0 Å². The van der Waals surface area contributed by atoms with Gasteiger partial charge in [-0.2, -0.15) is 0 Å². The van der Waals surface area contributed by atoms with Crippen LogP contribution in [-0.4, -0.2) is 59.7 Å². The Morgan fingerprint density at radius 3 is 2.26 bits per heavy atom. The maximum atomic E-state index is 13.1. The molecule has 3 aromatic rings. The highest BCUT2D eigenvalue weighted by Gasteiger charge is 2.23. The number of likely N-dealkylation sites (N-methyl/N-ethyl adjacent to an activating group) is 1. The lowest BCUT2D eigenvalue weighted by Gasteiger charge is -2.18. The molecule has 2 amide bonds. The molecule has 0 heterocycles. The smallest absolute Gasteiger partial charge is 0.242 e. The van der Waals surface area contributed by atoms with Gasteiger partial charge in [-0.15, -0.1) is 0 Å². The highest BCUT2D eigenvalue weighted by atomic mass is 32.2. The van der Waals surface area contributed by atoms with E-state index in [0.717, 1.165) is 11.1 Å². The summed E-state index contributed by atoms with van der Waals surface area (Å²) in [5.74, 6) is -1.82. The Hall–Kier alpha value is -3.83. The van der Waals surface area contributed by atoms with Crippen LogP contribution in [0.15, 0.2) is 65.6 Å². The molecule has 0 aliphatic heterocycles. The quantitative estimate of drug-likeness (QED) is 0.322. The van der Waals surface area contributed by atoms with Gasteiger partial charge in [-0.25, -0.2) is 17.5 Å². The summed E-state index contributed by atoms with van der Waals surface area (Å²) in [4.78, 5) is 39.1. The summed E-state index contributed by atoms with van der Waals surface area (Å²) in [6, 6.07) is 14.7. The van der Waals surface area contributed by atoms with Crippen molar-refractivity contribution >= 4 is 44.1 Å². The van der Waals surface area contributed by atoms with E-state index in [4.69, 9.17) is 0 Å². The van der Waals surface area contributed by atoms with Crippen molar-refractivity contribution in [3.63, 3.8) is 0 Å². The third kappa shape index (κ3) is 7.36. The number of carbonyl (C=O) groups excluding carboxylic acids is 3. The van der Waals surface area contributed by atoms with E-state index in [0.29, 0.717) is 10.9 Å². The minimum Gasteiger partial charge on any atom is -0.377 e. The number of rotatable bonds is 12. The lowest BCUT2D eigenvalue weighted by molar-refractivity contribution is -0.129. The normalized spacial score (nSPS) is 12.1. The average molecular weight is 543 g/mol. The lowest BCUT2D eigenvalue weighted by Crippen LogP contribution is -2.46. The molecule has 3 aromatic carbocycles. The first kappa shape index (κ1) is 28.7. The van der Waals surface area contributed by atoms with Gasteiger partial charge in [0.1, 0.15) is 17.6 Å². The topological polar surface area (TPSA) is 125 Å². The third-order valence-electron chi connectivity index (χ3n) is 5.98. The average Bonchev–Trinajstić information content (AvgIpc) is 2.89. The van der Waals surface area contributed by atoms with Crippen molar-refractivity contribution in [3.05, 3.63) is 72.0 Å². The molecule has 3 N–H and O–H groups in total.